The van der Waals surface area contributed by atoms with Crippen molar-refractivity contribution in [2.24, 2.45) is 0 Å². The van der Waals surface area contributed by atoms with Crippen LogP contribution in [0.1, 0.15) is 36.6 Å². The largest absolute Gasteiger partial charge is 0.482 e. The molecule has 0 saturated carbocycles. The summed E-state index contributed by atoms with van der Waals surface area (Å²) in [4.78, 5) is 12.7. The quantitative estimate of drug-likeness (QED) is 0.936. The minimum absolute atomic E-state index is 0.0922. The van der Waals surface area contributed by atoms with Gasteiger partial charge >= 0.3 is 0 Å². The topological polar surface area (TPSA) is 47.6 Å². The van der Waals surface area contributed by atoms with Gasteiger partial charge in [0.1, 0.15) is 6.10 Å². The van der Waals surface area contributed by atoms with Crippen molar-refractivity contribution >= 4 is 5.91 Å². The number of hydrogen-bond donors (Lipinski definition) is 1. The molecule has 2 aromatic rings. The van der Waals surface area contributed by atoms with Crippen molar-refractivity contribution in [2.45, 2.75) is 45.9 Å². The van der Waals surface area contributed by atoms with Crippen LogP contribution in [-0.2, 0) is 4.79 Å². The molecule has 1 aliphatic rings. The summed E-state index contributed by atoms with van der Waals surface area (Å²) in [6.07, 6.45) is -1.00. The molecule has 2 aromatic carbocycles. The molecule has 0 aliphatic carbocycles. The second-order valence-electron chi connectivity index (χ2n) is 6.40. The van der Waals surface area contributed by atoms with Gasteiger partial charge in [0.25, 0.3) is 5.91 Å². The molecule has 0 radical (unpaired) electrons. The molecule has 0 aromatic heterocycles. The van der Waals surface area contributed by atoms with Crippen molar-refractivity contribution in [1.82, 2.24) is 5.32 Å². The number of nitrogens with one attached hydrogen (secondary N) is 1. The number of para-hydroxylation sites is 2. The number of carbonyl (C=O) groups excluding carboxylic acids is 1. The molecule has 1 heterocycles. The van der Waals surface area contributed by atoms with Gasteiger partial charge in [0.15, 0.2) is 11.5 Å². The van der Waals surface area contributed by atoms with Gasteiger partial charge in [-0.25, -0.2) is 0 Å². The van der Waals surface area contributed by atoms with E-state index in [1.54, 1.807) is 0 Å². The lowest BCUT2D eigenvalue weighted by atomic mass is 9.99. The van der Waals surface area contributed by atoms with Crippen molar-refractivity contribution in [3.05, 3.63) is 59.2 Å². The highest BCUT2D eigenvalue weighted by Crippen LogP contribution is 2.33. The van der Waals surface area contributed by atoms with E-state index in [0.717, 1.165) is 11.1 Å². The normalized spacial score (nSPS) is 20.3. The Hall–Kier alpha value is -2.49. The van der Waals surface area contributed by atoms with E-state index in [4.69, 9.17) is 9.47 Å². The van der Waals surface area contributed by atoms with Gasteiger partial charge in [-0.15, -0.1) is 0 Å². The average Bonchev–Trinajstić information content (AvgIpc) is 2.56. The zero-order chi connectivity index (χ0) is 17.3. The molecule has 4 nitrogen and oxygen atoms in total. The molecule has 1 aliphatic heterocycles. The number of benzene rings is 2. The first-order valence-electron chi connectivity index (χ1n) is 8.25. The molecule has 0 bridgehead atoms. The maximum Gasteiger partial charge on any atom is 0.265 e. The van der Waals surface area contributed by atoms with E-state index >= 15 is 0 Å². The lowest BCUT2D eigenvalue weighted by Crippen LogP contribution is -2.49. The van der Waals surface area contributed by atoms with Gasteiger partial charge in [-0.05, 0) is 51.0 Å². The third-order valence-electron chi connectivity index (χ3n) is 4.36. The van der Waals surface area contributed by atoms with E-state index in [2.05, 4.69) is 37.4 Å². The maximum atomic E-state index is 12.7. The van der Waals surface area contributed by atoms with E-state index in [1.165, 1.54) is 5.56 Å². The summed E-state index contributed by atoms with van der Waals surface area (Å²) in [6, 6.07) is 13.6. The van der Waals surface area contributed by atoms with Gasteiger partial charge in [0.2, 0.25) is 6.10 Å². The van der Waals surface area contributed by atoms with Crippen molar-refractivity contribution in [1.29, 1.82) is 0 Å². The summed E-state index contributed by atoms with van der Waals surface area (Å²) in [6.45, 7) is 7.94. The minimum atomic E-state index is -0.660. The summed E-state index contributed by atoms with van der Waals surface area (Å²) in [5.41, 5.74) is 3.46. The van der Waals surface area contributed by atoms with E-state index < -0.39 is 6.10 Å². The number of hydrogen-bond acceptors (Lipinski definition) is 3. The standard InChI is InChI=1S/C20H23NO3/c1-12-9-10-13(2)16(11-12)14(3)21-20(22)19-15(4)23-17-7-5-6-8-18(17)24-19/h5-11,14-15,19H,1-4H3,(H,21,22)/t14-,15-,19+/m1/s1. The van der Waals surface area contributed by atoms with Crippen LogP contribution in [0.2, 0.25) is 0 Å². The Morgan fingerprint density at radius 2 is 1.75 bits per heavy atom. The predicted octanol–water partition coefficient (Wildman–Crippen LogP) is 3.71. The highest BCUT2D eigenvalue weighted by atomic mass is 16.6. The molecule has 1 amide bonds. The van der Waals surface area contributed by atoms with Crippen molar-refractivity contribution < 1.29 is 14.3 Å². The lowest BCUT2D eigenvalue weighted by Gasteiger charge is -2.32. The third kappa shape index (κ3) is 3.23. The first kappa shape index (κ1) is 16.4. The van der Waals surface area contributed by atoms with Crippen LogP contribution in [0.4, 0.5) is 0 Å². The Labute approximate surface area is 142 Å². The second kappa shape index (κ2) is 6.56. The fraction of sp³-hybridized carbons (Fsp3) is 0.350. The molecule has 0 fully saturated rings. The van der Waals surface area contributed by atoms with Gasteiger partial charge in [-0.3, -0.25) is 4.79 Å². The summed E-state index contributed by atoms with van der Waals surface area (Å²) in [7, 11) is 0. The van der Waals surface area contributed by atoms with Gasteiger partial charge in [-0.1, -0.05) is 35.9 Å². The Balaban J connectivity index is 1.74. The molecule has 0 spiro atoms. The van der Waals surface area contributed by atoms with E-state index in [1.807, 2.05) is 38.1 Å². The van der Waals surface area contributed by atoms with E-state index in [0.29, 0.717) is 11.5 Å². The Morgan fingerprint density at radius 3 is 2.46 bits per heavy atom. The number of fused-ring (bicyclic) bond motifs is 1. The summed E-state index contributed by atoms with van der Waals surface area (Å²) in [5.74, 6) is 1.12. The van der Waals surface area contributed by atoms with Crippen LogP contribution in [0.25, 0.3) is 0 Å². The van der Waals surface area contributed by atoms with Crippen molar-refractivity contribution in [3.63, 3.8) is 0 Å². The number of aryl methyl sites for hydroxylation is 2. The number of carbonyl (C=O) groups is 1. The minimum Gasteiger partial charge on any atom is -0.482 e. The van der Waals surface area contributed by atoms with Crippen LogP contribution in [-0.4, -0.2) is 18.1 Å². The predicted molar refractivity (Wildman–Crippen MR) is 93.4 cm³/mol. The SMILES string of the molecule is Cc1ccc(C)c([C@@H](C)NC(=O)[C@H]2Oc3ccccc3O[C@@H]2C)c1. The smallest absolute Gasteiger partial charge is 0.265 e. The molecule has 24 heavy (non-hydrogen) atoms. The number of ether oxygens (including phenoxy) is 2. The summed E-state index contributed by atoms with van der Waals surface area (Å²) in [5, 5.41) is 3.05. The second-order valence-corrected chi connectivity index (χ2v) is 6.40. The van der Waals surface area contributed by atoms with Gasteiger partial charge < -0.3 is 14.8 Å². The van der Waals surface area contributed by atoms with Crippen LogP contribution in [0, 0.1) is 13.8 Å². The summed E-state index contributed by atoms with van der Waals surface area (Å²) >= 11 is 0. The van der Waals surface area contributed by atoms with Crippen molar-refractivity contribution in [2.75, 3.05) is 0 Å². The Kier molecular flexibility index (Phi) is 4.47. The monoisotopic (exact) mass is 325 g/mol. The van der Waals surface area contributed by atoms with Crippen LogP contribution in [0.5, 0.6) is 11.5 Å². The van der Waals surface area contributed by atoms with Crippen LogP contribution < -0.4 is 14.8 Å². The van der Waals surface area contributed by atoms with Crippen LogP contribution in [0.15, 0.2) is 42.5 Å². The lowest BCUT2D eigenvalue weighted by molar-refractivity contribution is -0.134. The van der Waals surface area contributed by atoms with Crippen molar-refractivity contribution in [3.8, 4) is 11.5 Å². The first-order chi connectivity index (χ1) is 11.5. The molecule has 0 unspecified atom stereocenters. The van der Waals surface area contributed by atoms with Gasteiger partial charge in [0.05, 0.1) is 6.04 Å². The average molecular weight is 325 g/mol. The third-order valence-corrected chi connectivity index (χ3v) is 4.36. The molecule has 0 saturated heterocycles. The Bertz CT molecular complexity index is 756. The molecule has 3 rings (SSSR count). The zero-order valence-electron chi connectivity index (χ0n) is 14.5. The van der Waals surface area contributed by atoms with E-state index in [-0.39, 0.29) is 18.1 Å². The highest BCUT2D eigenvalue weighted by molar-refractivity contribution is 5.82. The van der Waals surface area contributed by atoms with Crippen LogP contribution >= 0.6 is 0 Å². The zero-order valence-corrected chi connectivity index (χ0v) is 14.5. The maximum absolute atomic E-state index is 12.7. The van der Waals surface area contributed by atoms with Crippen LogP contribution in [0.3, 0.4) is 0 Å². The fourth-order valence-corrected chi connectivity index (χ4v) is 3.01. The molecular weight excluding hydrogens is 302 g/mol. The summed E-state index contributed by atoms with van der Waals surface area (Å²) < 4.78 is 11.7. The first-order valence-corrected chi connectivity index (χ1v) is 8.25. The number of rotatable bonds is 3. The Morgan fingerprint density at radius 1 is 1.08 bits per heavy atom. The highest BCUT2D eigenvalue weighted by Gasteiger charge is 2.34. The van der Waals surface area contributed by atoms with E-state index in [9.17, 15) is 4.79 Å². The molecule has 4 heteroatoms. The number of amides is 1. The molecule has 3 atom stereocenters. The van der Waals surface area contributed by atoms with Gasteiger partial charge in [0, 0.05) is 0 Å². The van der Waals surface area contributed by atoms with Gasteiger partial charge in [-0.2, -0.15) is 0 Å². The molecular formula is C20H23NO3. The fourth-order valence-electron chi connectivity index (χ4n) is 3.01. The molecule has 1 N–H and O–H groups in total. The molecule has 126 valence electrons.